The molecule has 1 saturated carbocycles. The van der Waals surface area contributed by atoms with E-state index in [1.54, 1.807) is 21.0 Å². The second kappa shape index (κ2) is 6.89. The molecule has 0 aromatic carbocycles. The smallest absolute Gasteiger partial charge is 0.308 e. The van der Waals surface area contributed by atoms with E-state index in [0.29, 0.717) is 13.0 Å². The van der Waals surface area contributed by atoms with E-state index in [1.807, 2.05) is 0 Å². The van der Waals surface area contributed by atoms with Crippen molar-refractivity contribution in [1.82, 2.24) is 5.32 Å². The summed E-state index contributed by atoms with van der Waals surface area (Å²) in [5, 5.41) is 11.8. The van der Waals surface area contributed by atoms with E-state index >= 15 is 0 Å². The molecule has 0 aromatic rings. The first-order valence-corrected chi connectivity index (χ1v) is 6.95. The zero-order valence-corrected chi connectivity index (χ0v) is 12.1. The fourth-order valence-electron chi connectivity index (χ4n) is 2.64. The molecule has 0 bridgehead atoms. The van der Waals surface area contributed by atoms with Crippen LogP contribution in [-0.4, -0.2) is 36.7 Å². The van der Waals surface area contributed by atoms with Crippen molar-refractivity contribution < 1.29 is 19.4 Å². The largest absolute Gasteiger partial charge is 0.481 e. The normalized spacial score (nSPS) is 20.8. The Kier molecular flexibility index (Phi) is 5.79. The lowest BCUT2D eigenvalue weighted by molar-refractivity contribution is -0.142. The molecule has 0 saturated heterocycles. The van der Waals surface area contributed by atoms with Gasteiger partial charge in [-0.2, -0.15) is 0 Å². The molecule has 110 valence electrons. The van der Waals surface area contributed by atoms with Crippen molar-refractivity contribution in [3.8, 4) is 0 Å². The average molecular weight is 271 g/mol. The molecular weight excluding hydrogens is 246 g/mol. The van der Waals surface area contributed by atoms with Crippen molar-refractivity contribution in [3.63, 3.8) is 0 Å². The number of carbonyl (C=O) groups excluding carboxylic acids is 1. The third kappa shape index (κ3) is 3.93. The average Bonchev–Trinajstić information content (AvgIpc) is 2.85. The minimum Gasteiger partial charge on any atom is -0.481 e. The molecule has 2 unspecified atom stereocenters. The van der Waals surface area contributed by atoms with Gasteiger partial charge in [-0.05, 0) is 33.1 Å². The summed E-state index contributed by atoms with van der Waals surface area (Å²) < 4.78 is 5.10. The summed E-state index contributed by atoms with van der Waals surface area (Å²) in [5.41, 5.74) is -0.359. The van der Waals surface area contributed by atoms with Gasteiger partial charge in [0.05, 0.1) is 11.3 Å². The molecule has 19 heavy (non-hydrogen) atoms. The van der Waals surface area contributed by atoms with Gasteiger partial charge in [-0.15, -0.1) is 0 Å². The van der Waals surface area contributed by atoms with E-state index in [0.717, 1.165) is 25.7 Å². The van der Waals surface area contributed by atoms with Gasteiger partial charge in [-0.1, -0.05) is 12.8 Å². The van der Waals surface area contributed by atoms with Crippen LogP contribution in [0.5, 0.6) is 0 Å². The summed E-state index contributed by atoms with van der Waals surface area (Å²) in [5.74, 6) is -1.47. The molecular formula is C14H25NO4. The lowest BCUT2D eigenvalue weighted by atomic mass is 9.81. The molecule has 1 rings (SSSR count). The summed E-state index contributed by atoms with van der Waals surface area (Å²) in [7, 11) is 1.63. The Balaban J connectivity index is 2.65. The Morgan fingerprint density at radius 3 is 2.37 bits per heavy atom. The summed E-state index contributed by atoms with van der Waals surface area (Å²) in [4.78, 5) is 23.4. The first-order valence-electron chi connectivity index (χ1n) is 6.95. The van der Waals surface area contributed by atoms with Gasteiger partial charge in [0.1, 0.15) is 0 Å². The van der Waals surface area contributed by atoms with Gasteiger partial charge in [0.2, 0.25) is 5.91 Å². The molecule has 1 aliphatic carbocycles. The quantitative estimate of drug-likeness (QED) is 0.740. The maximum absolute atomic E-state index is 12.5. The van der Waals surface area contributed by atoms with Crippen molar-refractivity contribution >= 4 is 11.9 Å². The van der Waals surface area contributed by atoms with E-state index in [9.17, 15) is 9.59 Å². The molecule has 1 aliphatic rings. The molecule has 0 spiro atoms. The lowest BCUT2D eigenvalue weighted by Gasteiger charge is -2.30. The molecule has 5 heteroatoms. The first-order chi connectivity index (χ1) is 8.93. The summed E-state index contributed by atoms with van der Waals surface area (Å²) >= 11 is 0. The fourth-order valence-corrected chi connectivity index (χ4v) is 2.64. The number of ether oxygens (including phenoxy) is 1. The Hall–Kier alpha value is -1.10. The highest BCUT2D eigenvalue weighted by atomic mass is 16.5. The van der Waals surface area contributed by atoms with Crippen LogP contribution >= 0.6 is 0 Å². The van der Waals surface area contributed by atoms with Gasteiger partial charge in [0.15, 0.2) is 0 Å². The molecule has 1 amide bonds. The molecule has 5 nitrogen and oxygen atoms in total. The predicted molar refractivity (Wildman–Crippen MR) is 71.8 cm³/mol. The minimum atomic E-state index is -0.884. The van der Waals surface area contributed by atoms with Crippen LogP contribution in [0.25, 0.3) is 0 Å². The van der Waals surface area contributed by atoms with Crippen molar-refractivity contribution in [1.29, 1.82) is 0 Å². The Morgan fingerprint density at radius 2 is 1.89 bits per heavy atom. The highest BCUT2D eigenvalue weighted by molar-refractivity contribution is 5.84. The number of hydrogen-bond donors (Lipinski definition) is 2. The number of hydrogen-bond acceptors (Lipinski definition) is 3. The highest BCUT2D eigenvalue weighted by Crippen LogP contribution is 2.41. The number of nitrogens with one attached hydrogen (secondary N) is 1. The lowest BCUT2D eigenvalue weighted by Crippen LogP contribution is -2.47. The van der Waals surface area contributed by atoms with E-state index in [4.69, 9.17) is 9.84 Å². The third-order valence-electron chi connectivity index (χ3n) is 4.33. The zero-order valence-electron chi connectivity index (χ0n) is 12.1. The number of methoxy groups -OCH3 is 1. The third-order valence-corrected chi connectivity index (χ3v) is 4.33. The zero-order chi connectivity index (χ0) is 14.5. The van der Waals surface area contributed by atoms with Gasteiger partial charge in [-0.3, -0.25) is 9.59 Å². The standard InChI is InChI=1S/C14H25NO4/c1-10(12(16)17)11(2)15-13(18)14(8-9-19-3)6-4-5-7-14/h10-11H,4-9H2,1-3H3,(H,15,18)(H,16,17). The van der Waals surface area contributed by atoms with Crippen LogP contribution in [-0.2, 0) is 14.3 Å². The number of amides is 1. The van der Waals surface area contributed by atoms with E-state index in [2.05, 4.69) is 5.32 Å². The van der Waals surface area contributed by atoms with Crippen LogP contribution in [0.1, 0.15) is 46.0 Å². The van der Waals surface area contributed by atoms with E-state index in [1.165, 1.54) is 0 Å². The SMILES string of the molecule is COCCC1(C(=O)NC(C)C(C)C(=O)O)CCCC1. The van der Waals surface area contributed by atoms with Crippen LogP contribution in [0, 0.1) is 11.3 Å². The van der Waals surface area contributed by atoms with Gasteiger partial charge in [0, 0.05) is 19.8 Å². The van der Waals surface area contributed by atoms with Crippen LogP contribution in [0.15, 0.2) is 0 Å². The second-order valence-corrected chi connectivity index (χ2v) is 5.62. The van der Waals surface area contributed by atoms with Crippen LogP contribution in [0.4, 0.5) is 0 Å². The molecule has 0 heterocycles. The van der Waals surface area contributed by atoms with Gasteiger partial charge < -0.3 is 15.2 Å². The van der Waals surface area contributed by atoms with Crippen LogP contribution in [0.3, 0.4) is 0 Å². The number of carbonyl (C=O) groups is 2. The first kappa shape index (κ1) is 16.0. The predicted octanol–water partition coefficient (Wildman–Crippen LogP) is 1.81. The monoisotopic (exact) mass is 271 g/mol. The number of carboxylic acid groups (broad SMARTS) is 1. The molecule has 0 aliphatic heterocycles. The second-order valence-electron chi connectivity index (χ2n) is 5.62. The maximum atomic E-state index is 12.5. The van der Waals surface area contributed by atoms with E-state index < -0.39 is 11.9 Å². The van der Waals surface area contributed by atoms with Crippen molar-refractivity contribution in [2.45, 2.75) is 52.0 Å². The summed E-state index contributed by atoms with van der Waals surface area (Å²) in [6.07, 6.45) is 4.57. The van der Waals surface area contributed by atoms with Gasteiger partial charge >= 0.3 is 5.97 Å². The van der Waals surface area contributed by atoms with Gasteiger partial charge in [-0.25, -0.2) is 0 Å². The highest BCUT2D eigenvalue weighted by Gasteiger charge is 2.41. The molecule has 2 atom stereocenters. The molecule has 0 aromatic heterocycles. The van der Waals surface area contributed by atoms with E-state index in [-0.39, 0.29) is 17.4 Å². The Morgan fingerprint density at radius 1 is 1.32 bits per heavy atom. The van der Waals surface area contributed by atoms with Crippen LogP contribution in [0.2, 0.25) is 0 Å². The van der Waals surface area contributed by atoms with Crippen molar-refractivity contribution in [2.75, 3.05) is 13.7 Å². The summed E-state index contributed by atoms with van der Waals surface area (Å²) in [6.45, 7) is 3.93. The van der Waals surface area contributed by atoms with Crippen molar-refractivity contribution in [3.05, 3.63) is 0 Å². The van der Waals surface area contributed by atoms with Crippen LogP contribution < -0.4 is 5.32 Å². The molecule has 1 fully saturated rings. The minimum absolute atomic E-state index is 0.0114. The topological polar surface area (TPSA) is 75.6 Å². The van der Waals surface area contributed by atoms with Crippen molar-refractivity contribution in [2.24, 2.45) is 11.3 Å². The number of carboxylic acids is 1. The number of rotatable bonds is 7. The van der Waals surface area contributed by atoms with Gasteiger partial charge in [0.25, 0.3) is 0 Å². The fraction of sp³-hybridized carbons (Fsp3) is 0.857. The number of aliphatic carboxylic acids is 1. The summed E-state index contributed by atoms with van der Waals surface area (Å²) in [6, 6.07) is -0.356. The molecule has 2 N–H and O–H groups in total. The maximum Gasteiger partial charge on any atom is 0.308 e. The Bertz CT molecular complexity index is 323. The Labute approximate surface area is 114 Å². The molecule has 0 radical (unpaired) electrons.